The molecule has 106 valence electrons. The molecule has 0 bridgehead atoms. The molecule has 0 unspecified atom stereocenters. The number of thiazole rings is 1. The third-order valence-electron chi connectivity index (χ3n) is 3.67. The van der Waals surface area contributed by atoms with Crippen LogP contribution in [0.4, 0.5) is 5.69 Å². The monoisotopic (exact) mass is 316 g/mol. The molecule has 3 aromatic rings. The fraction of sp³-hybridized carbons (Fsp3) is 0.188. The molecular formula is C16H13ClN2OS. The van der Waals surface area contributed by atoms with Crippen molar-refractivity contribution < 1.29 is 4.74 Å². The average molecular weight is 317 g/mol. The highest BCUT2D eigenvalue weighted by atomic mass is 35.5. The predicted molar refractivity (Wildman–Crippen MR) is 87.6 cm³/mol. The zero-order chi connectivity index (χ0) is 14.2. The zero-order valence-electron chi connectivity index (χ0n) is 11.2. The molecule has 0 spiro atoms. The number of aromatic nitrogens is 1. The third kappa shape index (κ3) is 2.34. The molecule has 0 fully saturated rings. The molecule has 0 amide bonds. The lowest BCUT2D eigenvalue weighted by Crippen LogP contribution is -2.01. The van der Waals surface area contributed by atoms with Gasteiger partial charge >= 0.3 is 0 Å². The van der Waals surface area contributed by atoms with Crippen LogP contribution in [-0.4, -0.2) is 11.6 Å². The number of nitrogens with zero attached hydrogens (tertiary/aromatic N) is 1. The molecule has 1 aliphatic heterocycles. The van der Waals surface area contributed by atoms with Crippen molar-refractivity contribution in [2.75, 3.05) is 11.9 Å². The maximum Gasteiger partial charge on any atom is 0.122 e. The highest BCUT2D eigenvalue weighted by Gasteiger charge is 2.13. The highest BCUT2D eigenvalue weighted by Crippen LogP contribution is 2.33. The molecule has 0 aliphatic carbocycles. The molecule has 1 aliphatic rings. The summed E-state index contributed by atoms with van der Waals surface area (Å²) in [6.45, 7) is 1.51. The number of hydrogen-bond acceptors (Lipinski definition) is 4. The summed E-state index contributed by atoms with van der Waals surface area (Å²) in [5.41, 5.74) is 6.21. The lowest BCUT2D eigenvalue weighted by molar-refractivity contribution is 0.357. The van der Waals surface area contributed by atoms with E-state index in [9.17, 15) is 0 Å². The molecule has 0 radical (unpaired) electrons. The molecule has 2 aromatic carbocycles. The Morgan fingerprint density at radius 3 is 3.19 bits per heavy atom. The van der Waals surface area contributed by atoms with E-state index in [0.717, 1.165) is 41.2 Å². The Hall–Kier alpha value is -1.78. The van der Waals surface area contributed by atoms with Crippen LogP contribution in [-0.2, 0) is 13.0 Å². The fourth-order valence-corrected chi connectivity index (χ4v) is 3.52. The van der Waals surface area contributed by atoms with E-state index in [2.05, 4.69) is 22.4 Å². The predicted octanol–water partition coefficient (Wildman–Crippen LogP) is 4.50. The number of ether oxygens (including phenoxy) is 1. The van der Waals surface area contributed by atoms with Crippen LogP contribution in [0.15, 0.2) is 35.8 Å². The van der Waals surface area contributed by atoms with E-state index >= 15 is 0 Å². The first-order valence-corrected chi connectivity index (χ1v) is 8.07. The van der Waals surface area contributed by atoms with E-state index in [-0.39, 0.29) is 0 Å². The van der Waals surface area contributed by atoms with Gasteiger partial charge in [0.2, 0.25) is 0 Å². The molecule has 4 rings (SSSR count). The van der Waals surface area contributed by atoms with Gasteiger partial charge in [-0.05, 0) is 29.3 Å². The Balaban J connectivity index is 1.61. The minimum absolute atomic E-state index is 0.706. The van der Waals surface area contributed by atoms with Gasteiger partial charge in [-0.2, -0.15) is 0 Å². The molecule has 1 aromatic heterocycles. The third-order valence-corrected chi connectivity index (χ3v) is 4.78. The highest BCUT2D eigenvalue weighted by molar-refractivity contribution is 7.16. The second-order valence-electron chi connectivity index (χ2n) is 5.02. The quantitative estimate of drug-likeness (QED) is 0.772. The Labute approximate surface area is 131 Å². The SMILES string of the molecule is Clc1ccc2scnc2c1NCc1ccc2c(c1)CCO2. The van der Waals surface area contributed by atoms with Crippen LogP contribution in [0, 0.1) is 0 Å². The topological polar surface area (TPSA) is 34.2 Å². The Morgan fingerprint density at radius 2 is 2.24 bits per heavy atom. The van der Waals surface area contributed by atoms with Crippen molar-refractivity contribution in [3.63, 3.8) is 0 Å². The first-order valence-electron chi connectivity index (χ1n) is 6.81. The van der Waals surface area contributed by atoms with Crippen molar-refractivity contribution in [2.24, 2.45) is 0 Å². The van der Waals surface area contributed by atoms with Gasteiger partial charge in [-0.3, -0.25) is 0 Å². The summed E-state index contributed by atoms with van der Waals surface area (Å²) >= 11 is 7.92. The van der Waals surface area contributed by atoms with Crippen LogP contribution in [0.25, 0.3) is 10.2 Å². The number of fused-ring (bicyclic) bond motifs is 2. The number of nitrogens with one attached hydrogen (secondary N) is 1. The molecule has 5 heteroatoms. The van der Waals surface area contributed by atoms with Crippen LogP contribution in [0.1, 0.15) is 11.1 Å². The van der Waals surface area contributed by atoms with Gasteiger partial charge in [-0.25, -0.2) is 4.98 Å². The number of halogens is 1. The lowest BCUT2D eigenvalue weighted by atomic mass is 10.1. The van der Waals surface area contributed by atoms with Crippen molar-refractivity contribution in [1.82, 2.24) is 4.98 Å². The van der Waals surface area contributed by atoms with E-state index in [1.807, 2.05) is 23.7 Å². The second-order valence-corrected chi connectivity index (χ2v) is 6.31. The van der Waals surface area contributed by atoms with Crippen LogP contribution in [0.2, 0.25) is 5.02 Å². The van der Waals surface area contributed by atoms with Gasteiger partial charge in [0.1, 0.15) is 11.3 Å². The Morgan fingerprint density at radius 1 is 1.29 bits per heavy atom. The van der Waals surface area contributed by atoms with Gasteiger partial charge in [0.25, 0.3) is 0 Å². The summed E-state index contributed by atoms with van der Waals surface area (Å²) in [5, 5.41) is 4.13. The maximum atomic E-state index is 6.30. The normalized spacial score (nSPS) is 13.2. The van der Waals surface area contributed by atoms with Crippen LogP contribution in [0.3, 0.4) is 0 Å². The van der Waals surface area contributed by atoms with Crippen molar-refractivity contribution in [2.45, 2.75) is 13.0 Å². The number of rotatable bonds is 3. The molecule has 1 N–H and O–H groups in total. The summed E-state index contributed by atoms with van der Waals surface area (Å²) in [7, 11) is 0. The van der Waals surface area contributed by atoms with Crippen LogP contribution >= 0.6 is 22.9 Å². The number of hydrogen-bond donors (Lipinski definition) is 1. The molecule has 0 saturated heterocycles. The van der Waals surface area contributed by atoms with Gasteiger partial charge in [-0.15, -0.1) is 11.3 Å². The number of anilines is 1. The first-order chi connectivity index (χ1) is 10.3. The van der Waals surface area contributed by atoms with Gasteiger partial charge < -0.3 is 10.1 Å². The van der Waals surface area contributed by atoms with E-state index in [1.54, 1.807) is 11.3 Å². The summed E-state index contributed by atoms with van der Waals surface area (Å²) in [6, 6.07) is 10.3. The fourth-order valence-electron chi connectivity index (χ4n) is 2.62. The van der Waals surface area contributed by atoms with E-state index in [4.69, 9.17) is 16.3 Å². The Kier molecular flexibility index (Phi) is 3.20. The van der Waals surface area contributed by atoms with E-state index in [1.165, 1.54) is 11.1 Å². The summed E-state index contributed by atoms with van der Waals surface area (Å²) in [4.78, 5) is 4.40. The average Bonchev–Trinajstić information content (AvgIpc) is 3.14. The number of benzene rings is 2. The molecule has 2 heterocycles. The van der Waals surface area contributed by atoms with Gasteiger partial charge in [0.05, 0.1) is 27.5 Å². The van der Waals surface area contributed by atoms with Crippen molar-refractivity contribution in [3.8, 4) is 5.75 Å². The largest absolute Gasteiger partial charge is 0.493 e. The minimum Gasteiger partial charge on any atom is -0.493 e. The maximum absolute atomic E-state index is 6.30. The zero-order valence-corrected chi connectivity index (χ0v) is 12.8. The van der Waals surface area contributed by atoms with Crippen molar-refractivity contribution in [3.05, 3.63) is 52.0 Å². The molecular weight excluding hydrogens is 304 g/mol. The summed E-state index contributed by atoms with van der Waals surface area (Å²) < 4.78 is 6.68. The van der Waals surface area contributed by atoms with Crippen LogP contribution < -0.4 is 10.1 Å². The minimum atomic E-state index is 0.706. The van der Waals surface area contributed by atoms with Gasteiger partial charge in [0.15, 0.2) is 0 Å². The molecule has 0 saturated carbocycles. The molecule has 3 nitrogen and oxygen atoms in total. The Bertz CT molecular complexity index is 815. The lowest BCUT2D eigenvalue weighted by Gasteiger charge is -2.10. The summed E-state index contributed by atoms with van der Waals surface area (Å²) in [6.07, 6.45) is 0.992. The summed E-state index contributed by atoms with van der Waals surface area (Å²) in [5.74, 6) is 1.01. The van der Waals surface area contributed by atoms with Crippen LogP contribution in [0.5, 0.6) is 5.75 Å². The van der Waals surface area contributed by atoms with E-state index < -0.39 is 0 Å². The van der Waals surface area contributed by atoms with Gasteiger partial charge in [-0.1, -0.05) is 23.7 Å². The smallest absolute Gasteiger partial charge is 0.122 e. The standard InChI is InChI=1S/C16H13ClN2OS/c17-12-2-4-14-16(19-9-21-14)15(12)18-8-10-1-3-13-11(7-10)5-6-20-13/h1-4,7,9,18H,5-6,8H2. The van der Waals surface area contributed by atoms with Crippen molar-refractivity contribution >= 4 is 38.8 Å². The van der Waals surface area contributed by atoms with Crippen molar-refractivity contribution in [1.29, 1.82) is 0 Å². The first kappa shape index (κ1) is 12.9. The van der Waals surface area contributed by atoms with E-state index in [0.29, 0.717) is 5.02 Å². The van der Waals surface area contributed by atoms with Gasteiger partial charge in [0, 0.05) is 13.0 Å². The molecule has 21 heavy (non-hydrogen) atoms. The second kappa shape index (κ2) is 5.20. The molecule has 0 atom stereocenters.